The van der Waals surface area contributed by atoms with Gasteiger partial charge in [0.2, 0.25) is 0 Å². The lowest BCUT2D eigenvalue weighted by atomic mass is 10.2. The average Bonchev–Trinajstić information content (AvgIpc) is 3.17. The molecule has 1 fully saturated rings. The number of hydrogen-bond acceptors (Lipinski definition) is 5. The fourth-order valence-corrected chi connectivity index (χ4v) is 3.59. The Bertz CT molecular complexity index is 681. The van der Waals surface area contributed by atoms with Gasteiger partial charge in [-0.05, 0) is 30.7 Å². The molecule has 0 aromatic carbocycles. The Balaban J connectivity index is 1.54. The summed E-state index contributed by atoms with van der Waals surface area (Å²) in [7, 11) is 0. The van der Waals surface area contributed by atoms with Crippen LogP contribution in [0.1, 0.15) is 16.2 Å². The predicted molar refractivity (Wildman–Crippen MR) is 86.8 cm³/mol. The molecule has 4 nitrogen and oxygen atoms in total. The molecule has 1 amide bonds. The lowest BCUT2D eigenvalue weighted by molar-refractivity contribution is -0.116. The highest BCUT2D eigenvalue weighted by molar-refractivity contribution is 7.15. The molecule has 21 heavy (non-hydrogen) atoms. The predicted octanol–water partition coefficient (Wildman–Crippen LogP) is 2.26. The normalized spacial score (nSPS) is 17.4. The van der Waals surface area contributed by atoms with Crippen molar-refractivity contribution < 1.29 is 4.79 Å². The van der Waals surface area contributed by atoms with Crippen LogP contribution in [0.25, 0.3) is 0 Å². The number of carbonyl (C=O) groups is 1. The van der Waals surface area contributed by atoms with Crippen molar-refractivity contribution >= 4 is 33.7 Å². The SMILES string of the molecule is Cc1cnc(N2CCC(NC(=O)C#Cc3cccs3)C2)s1. The van der Waals surface area contributed by atoms with Crippen LogP contribution in [-0.2, 0) is 4.79 Å². The lowest BCUT2D eigenvalue weighted by Gasteiger charge is -2.14. The number of thiophene rings is 1. The quantitative estimate of drug-likeness (QED) is 0.864. The number of carbonyl (C=O) groups excluding carboxylic acids is 1. The van der Waals surface area contributed by atoms with Crippen LogP contribution in [0, 0.1) is 18.8 Å². The fraction of sp³-hybridized carbons (Fsp3) is 0.333. The maximum absolute atomic E-state index is 11.8. The van der Waals surface area contributed by atoms with E-state index in [2.05, 4.69) is 34.0 Å². The minimum Gasteiger partial charge on any atom is -0.346 e. The van der Waals surface area contributed by atoms with Gasteiger partial charge in [-0.3, -0.25) is 4.79 Å². The monoisotopic (exact) mass is 317 g/mol. The first-order valence-electron chi connectivity index (χ1n) is 6.74. The second kappa shape index (κ2) is 6.29. The van der Waals surface area contributed by atoms with E-state index >= 15 is 0 Å². The van der Waals surface area contributed by atoms with Crippen molar-refractivity contribution in [3.05, 3.63) is 33.5 Å². The molecule has 0 bridgehead atoms. The van der Waals surface area contributed by atoms with Crippen molar-refractivity contribution in [3.8, 4) is 11.8 Å². The second-order valence-electron chi connectivity index (χ2n) is 4.89. The van der Waals surface area contributed by atoms with Gasteiger partial charge in [0.05, 0.1) is 4.88 Å². The van der Waals surface area contributed by atoms with Crippen molar-refractivity contribution in [1.82, 2.24) is 10.3 Å². The Labute approximate surface area is 131 Å². The number of anilines is 1. The number of nitrogens with one attached hydrogen (secondary N) is 1. The number of rotatable bonds is 2. The number of aromatic nitrogens is 1. The van der Waals surface area contributed by atoms with Crippen LogP contribution in [0.3, 0.4) is 0 Å². The van der Waals surface area contributed by atoms with Crippen LogP contribution in [0.2, 0.25) is 0 Å². The molecule has 1 N–H and O–H groups in total. The molecule has 108 valence electrons. The summed E-state index contributed by atoms with van der Waals surface area (Å²) in [6, 6.07) is 3.99. The highest BCUT2D eigenvalue weighted by atomic mass is 32.1. The molecular weight excluding hydrogens is 302 g/mol. The van der Waals surface area contributed by atoms with E-state index in [0.717, 1.165) is 29.5 Å². The summed E-state index contributed by atoms with van der Waals surface area (Å²) in [5, 5.41) is 5.96. The Hall–Kier alpha value is -1.84. The Morgan fingerprint density at radius 1 is 1.57 bits per heavy atom. The molecule has 0 radical (unpaired) electrons. The maximum Gasteiger partial charge on any atom is 0.296 e. The van der Waals surface area contributed by atoms with Gasteiger partial charge in [-0.1, -0.05) is 6.07 Å². The number of aryl methyl sites for hydroxylation is 1. The van der Waals surface area contributed by atoms with Gasteiger partial charge in [0, 0.05) is 36.1 Å². The van der Waals surface area contributed by atoms with Crippen molar-refractivity contribution in [3.63, 3.8) is 0 Å². The summed E-state index contributed by atoms with van der Waals surface area (Å²) in [6.45, 7) is 3.78. The number of nitrogens with zero attached hydrogens (tertiary/aromatic N) is 2. The van der Waals surface area contributed by atoms with E-state index in [-0.39, 0.29) is 11.9 Å². The molecule has 3 rings (SSSR count). The van der Waals surface area contributed by atoms with Gasteiger partial charge in [0.25, 0.3) is 5.91 Å². The van der Waals surface area contributed by atoms with Gasteiger partial charge >= 0.3 is 0 Å². The Morgan fingerprint density at radius 2 is 2.48 bits per heavy atom. The zero-order valence-corrected chi connectivity index (χ0v) is 13.3. The molecule has 2 aromatic rings. The third kappa shape index (κ3) is 3.63. The third-order valence-corrected chi connectivity index (χ3v) is 4.98. The zero-order valence-electron chi connectivity index (χ0n) is 11.6. The second-order valence-corrected chi connectivity index (χ2v) is 7.05. The molecule has 1 unspecified atom stereocenters. The topological polar surface area (TPSA) is 45.2 Å². The van der Waals surface area contributed by atoms with Gasteiger partial charge in [0.1, 0.15) is 0 Å². The van der Waals surface area contributed by atoms with Crippen molar-refractivity contribution in [2.45, 2.75) is 19.4 Å². The molecule has 1 aliphatic heterocycles. The number of amides is 1. The lowest BCUT2D eigenvalue weighted by Crippen LogP contribution is -2.36. The van der Waals surface area contributed by atoms with Gasteiger partial charge in [0.15, 0.2) is 5.13 Å². The number of thiazole rings is 1. The third-order valence-electron chi connectivity index (χ3n) is 3.22. The zero-order chi connectivity index (χ0) is 14.7. The van der Waals surface area contributed by atoms with Crippen LogP contribution in [-0.4, -0.2) is 30.0 Å². The molecule has 0 saturated carbocycles. The van der Waals surface area contributed by atoms with Gasteiger partial charge < -0.3 is 10.2 Å². The van der Waals surface area contributed by atoms with Crippen LogP contribution < -0.4 is 10.2 Å². The highest BCUT2D eigenvalue weighted by Gasteiger charge is 2.25. The van der Waals surface area contributed by atoms with Crippen LogP contribution in [0.5, 0.6) is 0 Å². The van der Waals surface area contributed by atoms with E-state index in [1.165, 1.54) is 16.2 Å². The average molecular weight is 317 g/mol. The highest BCUT2D eigenvalue weighted by Crippen LogP contribution is 2.25. The molecule has 1 aliphatic rings. The van der Waals surface area contributed by atoms with Crippen LogP contribution >= 0.6 is 22.7 Å². The first-order chi connectivity index (χ1) is 10.2. The van der Waals surface area contributed by atoms with Crippen molar-refractivity contribution in [2.75, 3.05) is 18.0 Å². The summed E-state index contributed by atoms with van der Waals surface area (Å²) in [4.78, 5) is 20.6. The van der Waals surface area contributed by atoms with E-state index in [4.69, 9.17) is 0 Å². The smallest absolute Gasteiger partial charge is 0.296 e. The molecular formula is C15H15N3OS2. The largest absolute Gasteiger partial charge is 0.346 e. The summed E-state index contributed by atoms with van der Waals surface area (Å²) < 4.78 is 0. The number of hydrogen-bond donors (Lipinski definition) is 1. The van der Waals surface area contributed by atoms with Crippen molar-refractivity contribution in [1.29, 1.82) is 0 Å². The molecule has 0 spiro atoms. The van der Waals surface area contributed by atoms with Crippen LogP contribution in [0.4, 0.5) is 5.13 Å². The van der Waals surface area contributed by atoms with E-state index < -0.39 is 0 Å². The molecule has 0 aliphatic carbocycles. The van der Waals surface area contributed by atoms with Gasteiger partial charge in [-0.25, -0.2) is 4.98 Å². The summed E-state index contributed by atoms with van der Waals surface area (Å²) in [5.41, 5.74) is 0. The Morgan fingerprint density at radius 3 is 3.19 bits per heavy atom. The summed E-state index contributed by atoms with van der Waals surface area (Å²) in [5.74, 6) is 5.32. The molecule has 3 heterocycles. The molecule has 6 heteroatoms. The standard InChI is InChI=1S/C15H15N3OS2/c1-11-9-16-15(21-11)18-7-6-12(10-18)17-14(19)5-4-13-3-2-8-20-13/h2-3,8-9,12H,6-7,10H2,1H3,(H,17,19). The van der Waals surface area contributed by atoms with Crippen LogP contribution in [0.15, 0.2) is 23.7 Å². The van der Waals surface area contributed by atoms with E-state index in [1.807, 2.05) is 23.7 Å². The minimum absolute atomic E-state index is 0.152. The van der Waals surface area contributed by atoms with Crippen molar-refractivity contribution in [2.24, 2.45) is 0 Å². The summed E-state index contributed by atoms with van der Waals surface area (Å²) in [6.07, 6.45) is 2.82. The molecule has 1 atom stereocenters. The molecule has 1 saturated heterocycles. The first kappa shape index (κ1) is 14.1. The van der Waals surface area contributed by atoms with Gasteiger partial charge in [-0.15, -0.1) is 22.7 Å². The molecule has 2 aromatic heterocycles. The van der Waals surface area contributed by atoms with E-state index in [1.54, 1.807) is 11.3 Å². The van der Waals surface area contributed by atoms with Gasteiger partial charge in [-0.2, -0.15) is 0 Å². The van der Waals surface area contributed by atoms with E-state index in [0.29, 0.717) is 0 Å². The minimum atomic E-state index is -0.203. The van der Waals surface area contributed by atoms with E-state index in [9.17, 15) is 4.79 Å². The maximum atomic E-state index is 11.8. The summed E-state index contributed by atoms with van der Waals surface area (Å²) >= 11 is 3.23. The first-order valence-corrected chi connectivity index (χ1v) is 8.44. The Kier molecular flexibility index (Phi) is 4.23. The fourth-order valence-electron chi connectivity index (χ4n) is 2.23.